The van der Waals surface area contributed by atoms with Gasteiger partial charge in [0, 0.05) is 31.9 Å². The van der Waals surface area contributed by atoms with Gasteiger partial charge in [0.1, 0.15) is 6.04 Å². The molecule has 0 aromatic heterocycles. The first kappa shape index (κ1) is 20.2. The van der Waals surface area contributed by atoms with Gasteiger partial charge in [-0.3, -0.25) is 9.10 Å². The van der Waals surface area contributed by atoms with Crippen molar-refractivity contribution in [1.82, 2.24) is 4.90 Å². The third kappa shape index (κ3) is 4.47. The second kappa shape index (κ2) is 8.65. The Bertz CT molecular complexity index is 880. The summed E-state index contributed by atoms with van der Waals surface area (Å²) in [7, 11) is -3.59. The molecule has 0 bridgehead atoms. The van der Waals surface area contributed by atoms with E-state index in [9.17, 15) is 13.2 Å². The van der Waals surface area contributed by atoms with E-state index in [0.717, 1.165) is 25.0 Å². The molecule has 1 aliphatic heterocycles. The van der Waals surface area contributed by atoms with Crippen LogP contribution in [0.2, 0.25) is 0 Å². The number of rotatable bonds is 6. The number of benzene rings is 2. The van der Waals surface area contributed by atoms with Crippen molar-refractivity contribution < 1.29 is 13.2 Å². The molecule has 1 atom stereocenters. The molecule has 0 radical (unpaired) electrons. The first-order chi connectivity index (χ1) is 13.4. The maximum absolute atomic E-state index is 13.2. The molecule has 1 fully saturated rings. The molecule has 0 aliphatic carbocycles. The molecule has 3 rings (SSSR count). The van der Waals surface area contributed by atoms with Crippen LogP contribution in [0.5, 0.6) is 0 Å². The average molecular weight is 402 g/mol. The number of anilines is 2. The summed E-state index contributed by atoms with van der Waals surface area (Å²) < 4.78 is 26.3. The van der Waals surface area contributed by atoms with Crippen molar-refractivity contribution in [3.05, 3.63) is 60.7 Å². The molecule has 2 aromatic carbocycles. The number of piperazine rings is 1. The Morgan fingerprint density at radius 1 is 0.964 bits per heavy atom. The predicted molar refractivity (Wildman–Crippen MR) is 113 cm³/mol. The molecule has 1 amide bonds. The van der Waals surface area contributed by atoms with Crippen molar-refractivity contribution in [2.45, 2.75) is 19.4 Å². The molecule has 150 valence electrons. The zero-order valence-corrected chi connectivity index (χ0v) is 17.2. The molecular weight excluding hydrogens is 374 g/mol. The van der Waals surface area contributed by atoms with Crippen LogP contribution in [-0.4, -0.2) is 57.7 Å². The van der Waals surface area contributed by atoms with Gasteiger partial charge in [-0.1, -0.05) is 43.3 Å². The summed E-state index contributed by atoms with van der Waals surface area (Å²) in [5.41, 5.74) is 1.66. The Balaban J connectivity index is 1.76. The molecular formula is C21H27N3O3S. The van der Waals surface area contributed by atoms with E-state index in [1.54, 1.807) is 29.2 Å². The Kier molecular flexibility index (Phi) is 6.24. The van der Waals surface area contributed by atoms with Gasteiger partial charge >= 0.3 is 0 Å². The molecule has 1 heterocycles. The normalized spacial score (nSPS) is 15.9. The topological polar surface area (TPSA) is 60.9 Å². The van der Waals surface area contributed by atoms with Crippen LogP contribution < -0.4 is 9.21 Å². The third-order valence-corrected chi connectivity index (χ3v) is 6.22. The zero-order chi connectivity index (χ0) is 20.1. The third-order valence-electron chi connectivity index (χ3n) is 5.04. The molecule has 6 nitrogen and oxygen atoms in total. The van der Waals surface area contributed by atoms with Crippen molar-refractivity contribution in [2.75, 3.05) is 41.6 Å². The van der Waals surface area contributed by atoms with E-state index in [4.69, 9.17) is 0 Å². The number of para-hydroxylation sites is 2. The fourth-order valence-electron chi connectivity index (χ4n) is 3.65. The highest BCUT2D eigenvalue weighted by molar-refractivity contribution is 7.92. The number of amides is 1. The summed E-state index contributed by atoms with van der Waals surface area (Å²) in [6.45, 7) is 4.48. The molecule has 28 heavy (non-hydrogen) atoms. The highest BCUT2D eigenvalue weighted by Gasteiger charge is 2.35. The molecule has 0 N–H and O–H groups in total. The first-order valence-corrected chi connectivity index (χ1v) is 11.4. The van der Waals surface area contributed by atoms with Crippen LogP contribution in [0.3, 0.4) is 0 Å². The molecule has 1 aliphatic rings. The molecule has 1 saturated heterocycles. The lowest BCUT2D eigenvalue weighted by Crippen LogP contribution is -2.56. The van der Waals surface area contributed by atoms with E-state index in [1.807, 2.05) is 31.2 Å². The summed E-state index contributed by atoms with van der Waals surface area (Å²) in [5, 5.41) is 0. The van der Waals surface area contributed by atoms with E-state index < -0.39 is 16.1 Å². The van der Waals surface area contributed by atoms with Crippen LogP contribution >= 0.6 is 0 Å². The van der Waals surface area contributed by atoms with E-state index in [0.29, 0.717) is 25.2 Å². The average Bonchev–Trinajstić information content (AvgIpc) is 2.72. The van der Waals surface area contributed by atoms with Gasteiger partial charge < -0.3 is 9.80 Å². The largest absolute Gasteiger partial charge is 0.368 e. The Hall–Kier alpha value is -2.54. The second-order valence-electron chi connectivity index (χ2n) is 6.97. The monoisotopic (exact) mass is 401 g/mol. The molecule has 0 saturated carbocycles. The Morgan fingerprint density at radius 2 is 1.50 bits per heavy atom. The minimum absolute atomic E-state index is 0.135. The molecule has 0 unspecified atom stereocenters. The number of carbonyl (C=O) groups is 1. The lowest BCUT2D eigenvalue weighted by Gasteiger charge is -2.39. The number of sulfonamides is 1. The van der Waals surface area contributed by atoms with Crippen molar-refractivity contribution in [2.24, 2.45) is 0 Å². The van der Waals surface area contributed by atoms with Gasteiger partial charge in [-0.15, -0.1) is 0 Å². The van der Waals surface area contributed by atoms with Crippen molar-refractivity contribution >= 4 is 27.3 Å². The van der Waals surface area contributed by atoms with Gasteiger partial charge in [-0.25, -0.2) is 8.42 Å². The minimum Gasteiger partial charge on any atom is -0.368 e. The number of hydrogen-bond donors (Lipinski definition) is 0. The predicted octanol–water partition coefficient (Wildman–Crippen LogP) is 2.58. The van der Waals surface area contributed by atoms with E-state index in [1.165, 1.54) is 4.31 Å². The second-order valence-corrected chi connectivity index (χ2v) is 8.83. The van der Waals surface area contributed by atoms with Crippen molar-refractivity contribution in [1.29, 1.82) is 0 Å². The van der Waals surface area contributed by atoms with Crippen molar-refractivity contribution in [3.63, 3.8) is 0 Å². The number of hydrogen-bond acceptors (Lipinski definition) is 4. The van der Waals surface area contributed by atoms with Gasteiger partial charge in [0.15, 0.2) is 0 Å². The number of carbonyl (C=O) groups excluding carboxylic acids is 1. The highest BCUT2D eigenvalue weighted by atomic mass is 32.2. The number of nitrogens with zero attached hydrogens (tertiary/aromatic N) is 3. The lowest BCUT2D eigenvalue weighted by atomic mass is 10.1. The summed E-state index contributed by atoms with van der Waals surface area (Å²) >= 11 is 0. The van der Waals surface area contributed by atoms with Gasteiger partial charge in [0.25, 0.3) is 0 Å². The fraction of sp³-hybridized carbons (Fsp3) is 0.381. The van der Waals surface area contributed by atoms with E-state index in [2.05, 4.69) is 17.0 Å². The smallest absolute Gasteiger partial charge is 0.246 e. The quantitative estimate of drug-likeness (QED) is 0.746. The summed E-state index contributed by atoms with van der Waals surface area (Å²) in [6.07, 6.45) is 1.57. The Labute approximate surface area is 167 Å². The molecule has 7 heteroatoms. The molecule has 0 spiro atoms. The van der Waals surface area contributed by atoms with E-state index >= 15 is 0 Å². The summed E-state index contributed by atoms with van der Waals surface area (Å²) in [5.74, 6) is -0.135. The van der Waals surface area contributed by atoms with Crippen LogP contribution in [0, 0.1) is 0 Å². The lowest BCUT2D eigenvalue weighted by molar-refractivity contribution is -0.132. The van der Waals surface area contributed by atoms with Gasteiger partial charge in [0.05, 0.1) is 11.9 Å². The van der Waals surface area contributed by atoms with Gasteiger partial charge in [0.2, 0.25) is 15.9 Å². The SMILES string of the molecule is CC[C@H](C(=O)N1CCN(c2ccccc2)CC1)N(c1ccccc1)S(C)(=O)=O. The van der Waals surface area contributed by atoms with Crippen LogP contribution in [0.25, 0.3) is 0 Å². The zero-order valence-electron chi connectivity index (χ0n) is 16.4. The van der Waals surface area contributed by atoms with E-state index in [-0.39, 0.29) is 5.91 Å². The van der Waals surface area contributed by atoms with Gasteiger partial charge in [-0.05, 0) is 30.7 Å². The highest BCUT2D eigenvalue weighted by Crippen LogP contribution is 2.24. The van der Waals surface area contributed by atoms with Crippen LogP contribution in [-0.2, 0) is 14.8 Å². The van der Waals surface area contributed by atoms with Crippen LogP contribution in [0.1, 0.15) is 13.3 Å². The Morgan fingerprint density at radius 3 is 2.00 bits per heavy atom. The van der Waals surface area contributed by atoms with Crippen molar-refractivity contribution in [3.8, 4) is 0 Å². The standard InChI is InChI=1S/C21H27N3O3S/c1-3-20(24(28(2,26)27)19-12-8-5-9-13-19)21(25)23-16-14-22(15-17-23)18-10-6-4-7-11-18/h4-13,20H,3,14-17H2,1-2H3/t20-/m1/s1. The van der Waals surface area contributed by atoms with Crippen LogP contribution in [0.15, 0.2) is 60.7 Å². The van der Waals surface area contributed by atoms with Crippen LogP contribution in [0.4, 0.5) is 11.4 Å². The summed E-state index contributed by atoms with van der Waals surface area (Å²) in [4.78, 5) is 17.3. The maximum Gasteiger partial charge on any atom is 0.246 e. The fourth-order valence-corrected chi connectivity index (χ4v) is 4.86. The molecule has 2 aromatic rings. The minimum atomic E-state index is -3.59. The first-order valence-electron chi connectivity index (χ1n) is 9.55. The van der Waals surface area contributed by atoms with Gasteiger partial charge in [-0.2, -0.15) is 0 Å². The summed E-state index contributed by atoms with van der Waals surface area (Å²) in [6, 6.07) is 18.2. The maximum atomic E-state index is 13.2.